The summed E-state index contributed by atoms with van der Waals surface area (Å²) >= 11 is 0. The fourth-order valence-corrected chi connectivity index (χ4v) is 8.23. The minimum Gasteiger partial charge on any atom is -0.453 e. The molecule has 3 aliphatic rings. The van der Waals surface area contributed by atoms with Gasteiger partial charge in [0.15, 0.2) is 34.6 Å². The Morgan fingerprint density at radius 3 is 1.13 bits per heavy atom. The van der Waals surface area contributed by atoms with E-state index in [1.807, 2.05) is 60.7 Å². The van der Waals surface area contributed by atoms with Crippen LogP contribution < -0.4 is 19.3 Å². The van der Waals surface area contributed by atoms with E-state index in [1.54, 1.807) is 0 Å². The lowest BCUT2D eigenvalue weighted by Crippen LogP contribution is -2.51. The Morgan fingerprint density at radius 2 is 0.750 bits per heavy atom. The summed E-state index contributed by atoms with van der Waals surface area (Å²) in [5.41, 5.74) is 6.08. The first-order chi connectivity index (χ1) is 25.8. The summed E-state index contributed by atoms with van der Waals surface area (Å²) in [6, 6.07) is 53.9. The lowest BCUT2D eigenvalue weighted by molar-refractivity contribution is 0.314. The van der Waals surface area contributed by atoms with E-state index in [4.69, 9.17) is 24.4 Å². The normalized spacial score (nSPS) is 18.6. The number of benzene rings is 6. The average molecular weight is 678 g/mol. The quantitative estimate of drug-likeness (QED) is 0.180. The van der Waals surface area contributed by atoms with E-state index in [0.717, 1.165) is 82.0 Å². The molecule has 1 aromatic heterocycles. The summed E-state index contributed by atoms with van der Waals surface area (Å²) in [7, 11) is 0. The largest absolute Gasteiger partial charge is 0.453 e. The number of anilines is 4. The van der Waals surface area contributed by atoms with Gasteiger partial charge in [-0.2, -0.15) is 0 Å². The van der Waals surface area contributed by atoms with Crippen LogP contribution in [0.2, 0.25) is 0 Å². The van der Waals surface area contributed by atoms with E-state index in [9.17, 15) is 0 Å². The lowest BCUT2D eigenvalue weighted by atomic mass is 9.76. The highest BCUT2D eigenvalue weighted by molar-refractivity contribution is 5.81. The fraction of sp³-hybridized carbons (Fsp3) is 0.133. The molecule has 0 bridgehead atoms. The monoisotopic (exact) mass is 677 g/mol. The van der Waals surface area contributed by atoms with Crippen molar-refractivity contribution >= 4 is 22.7 Å². The van der Waals surface area contributed by atoms with Crippen molar-refractivity contribution in [1.82, 2.24) is 15.0 Å². The van der Waals surface area contributed by atoms with Gasteiger partial charge in [0.05, 0.1) is 28.7 Å². The fourth-order valence-electron chi connectivity index (χ4n) is 8.23. The molecule has 0 N–H and O–H groups in total. The van der Waals surface area contributed by atoms with Gasteiger partial charge >= 0.3 is 0 Å². The van der Waals surface area contributed by atoms with Crippen molar-refractivity contribution in [3.63, 3.8) is 0 Å². The third-order valence-electron chi connectivity index (χ3n) is 10.4. The predicted molar refractivity (Wildman–Crippen MR) is 205 cm³/mol. The van der Waals surface area contributed by atoms with Crippen LogP contribution in [0.4, 0.5) is 22.7 Å². The summed E-state index contributed by atoms with van der Waals surface area (Å²) in [6.45, 7) is 0. The number of para-hydroxylation sites is 8. The van der Waals surface area contributed by atoms with Gasteiger partial charge in [-0.25, -0.2) is 15.0 Å². The maximum Gasteiger partial charge on any atom is 0.163 e. The van der Waals surface area contributed by atoms with Gasteiger partial charge < -0.3 is 19.3 Å². The molecule has 0 radical (unpaired) electrons. The number of rotatable bonds is 5. The zero-order valence-corrected chi connectivity index (χ0v) is 28.4. The zero-order valence-electron chi connectivity index (χ0n) is 28.4. The minimum atomic E-state index is -0.167. The van der Waals surface area contributed by atoms with Gasteiger partial charge in [-0.05, 0) is 67.8 Å². The van der Waals surface area contributed by atoms with Crippen LogP contribution in [0.5, 0.6) is 23.0 Å². The number of nitrogens with zero attached hydrogens (tertiary/aromatic N) is 5. The first-order valence-electron chi connectivity index (χ1n) is 18.0. The maximum atomic E-state index is 6.52. The Kier molecular flexibility index (Phi) is 7.41. The molecule has 0 saturated heterocycles. The van der Waals surface area contributed by atoms with E-state index in [1.165, 1.54) is 0 Å². The van der Waals surface area contributed by atoms with Crippen molar-refractivity contribution in [1.29, 1.82) is 0 Å². The molecule has 0 amide bonds. The highest BCUT2D eigenvalue weighted by Crippen LogP contribution is 2.55. The zero-order chi connectivity index (χ0) is 34.4. The summed E-state index contributed by atoms with van der Waals surface area (Å²) in [6.07, 6.45) is 2.88. The molecule has 1 saturated carbocycles. The molecule has 1 aliphatic carbocycles. The number of hydrogen-bond acceptors (Lipinski definition) is 7. The molecule has 2 aliphatic heterocycles. The summed E-state index contributed by atoms with van der Waals surface area (Å²) in [4.78, 5) is 21.0. The van der Waals surface area contributed by atoms with Crippen molar-refractivity contribution in [2.75, 3.05) is 9.80 Å². The van der Waals surface area contributed by atoms with E-state index in [2.05, 4.69) is 107 Å². The predicted octanol–water partition coefficient (Wildman–Crippen LogP) is 11.1. The Bertz CT molecular complexity index is 2150. The van der Waals surface area contributed by atoms with Crippen LogP contribution in [0.3, 0.4) is 0 Å². The molecule has 2 unspecified atom stereocenters. The second-order valence-corrected chi connectivity index (χ2v) is 13.5. The van der Waals surface area contributed by atoms with Crippen molar-refractivity contribution < 1.29 is 9.47 Å². The van der Waals surface area contributed by atoms with Crippen molar-refractivity contribution in [2.24, 2.45) is 0 Å². The molecule has 7 nitrogen and oxygen atoms in total. The third kappa shape index (κ3) is 5.16. The molecule has 1 fully saturated rings. The van der Waals surface area contributed by atoms with Crippen LogP contribution >= 0.6 is 0 Å². The highest BCUT2D eigenvalue weighted by Gasteiger charge is 2.47. The van der Waals surface area contributed by atoms with Crippen LogP contribution in [0.25, 0.3) is 22.8 Å². The summed E-state index contributed by atoms with van der Waals surface area (Å²) in [5.74, 6) is 5.30. The molecule has 7 aromatic rings. The third-order valence-corrected chi connectivity index (χ3v) is 10.4. The molecular weight excluding hydrogens is 643 g/mol. The molecule has 2 atom stereocenters. The molecule has 0 spiro atoms. The first kappa shape index (κ1) is 30.4. The van der Waals surface area contributed by atoms with Gasteiger partial charge in [0.1, 0.15) is 5.82 Å². The SMILES string of the molecule is c1ccc(-c2nc(-c3ccccc3)nc(C3C(N4c5ccccc5Oc5ccccc54)CCCC3N3c4ccccc4Oc4ccccc43)n2)cc1. The van der Waals surface area contributed by atoms with Crippen LogP contribution in [-0.2, 0) is 0 Å². The maximum absolute atomic E-state index is 6.52. The van der Waals surface area contributed by atoms with Crippen molar-refractivity contribution in [3.8, 4) is 45.8 Å². The highest BCUT2D eigenvalue weighted by atomic mass is 16.5. The Hall–Kier alpha value is -6.47. The molecule has 3 heterocycles. The van der Waals surface area contributed by atoms with Gasteiger partial charge in [-0.15, -0.1) is 0 Å². The van der Waals surface area contributed by atoms with E-state index < -0.39 is 0 Å². The minimum absolute atomic E-state index is 0.0261. The van der Waals surface area contributed by atoms with Gasteiger partial charge in [0.25, 0.3) is 0 Å². The van der Waals surface area contributed by atoms with Gasteiger partial charge in [-0.1, -0.05) is 109 Å². The Balaban J connectivity index is 1.23. The van der Waals surface area contributed by atoms with E-state index in [0.29, 0.717) is 11.6 Å². The Morgan fingerprint density at radius 1 is 0.404 bits per heavy atom. The number of fused-ring (bicyclic) bond motifs is 4. The summed E-state index contributed by atoms with van der Waals surface area (Å²) < 4.78 is 13.0. The number of ether oxygens (including phenoxy) is 2. The topological polar surface area (TPSA) is 63.6 Å². The van der Waals surface area contributed by atoms with Crippen molar-refractivity contribution in [3.05, 3.63) is 164 Å². The van der Waals surface area contributed by atoms with E-state index in [-0.39, 0.29) is 18.0 Å². The molecule has 52 heavy (non-hydrogen) atoms. The van der Waals surface area contributed by atoms with Crippen LogP contribution in [0.1, 0.15) is 31.0 Å². The number of hydrogen-bond donors (Lipinski definition) is 0. The molecule has 6 aromatic carbocycles. The average Bonchev–Trinajstić information content (AvgIpc) is 3.22. The molecular formula is C45H35N5O2. The Labute approximate surface area is 302 Å². The lowest BCUT2D eigenvalue weighted by Gasteiger charge is -2.50. The van der Waals surface area contributed by atoms with Gasteiger partial charge in [0, 0.05) is 23.2 Å². The second-order valence-electron chi connectivity index (χ2n) is 13.5. The number of aromatic nitrogens is 3. The van der Waals surface area contributed by atoms with Crippen LogP contribution in [-0.4, -0.2) is 27.0 Å². The van der Waals surface area contributed by atoms with Crippen LogP contribution in [0.15, 0.2) is 158 Å². The van der Waals surface area contributed by atoms with Gasteiger partial charge in [-0.3, -0.25) is 0 Å². The van der Waals surface area contributed by atoms with E-state index >= 15 is 0 Å². The second kappa shape index (κ2) is 12.7. The van der Waals surface area contributed by atoms with Crippen molar-refractivity contribution in [2.45, 2.75) is 37.3 Å². The molecule has 7 heteroatoms. The molecule has 252 valence electrons. The van der Waals surface area contributed by atoms with Crippen LogP contribution in [0, 0.1) is 0 Å². The standard InChI is InChI=1S/C45H35N5O2/c1-3-16-30(17-4-1)43-46-44(31-18-5-2-6-19-31)48-45(47-43)42-36(49-32-20-7-11-26-38(32)51-39-27-12-8-21-33(39)49)24-15-25-37(42)50-34-22-9-13-28-40(34)52-41-29-14-10-23-35(41)50/h1-14,16-23,26-29,36-37,42H,15,24-25H2. The summed E-state index contributed by atoms with van der Waals surface area (Å²) in [5, 5.41) is 0. The first-order valence-corrected chi connectivity index (χ1v) is 18.0. The molecule has 10 rings (SSSR count). The van der Waals surface area contributed by atoms with Gasteiger partial charge in [0.2, 0.25) is 0 Å². The smallest absolute Gasteiger partial charge is 0.163 e.